The summed E-state index contributed by atoms with van der Waals surface area (Å²) in [6.45, 7) is 6.55. The van der Waals surface area contributed by atoms with Gasteiger partial charge in [0.05, 0.1) is 5.41 Å². The zero-order valence-corrected chi connectivity index (χ0v) is 14.2. The Morgan fingerprint density at radius 1 is 0.875 bits per heavy atom. The van der Waals surface area contributed by atoms with E-state index in [1.54, 1.807) is 42.5 Å². The summed E-state index contributed by atoms with van der Waals surface area (Å²) < 4.78 is 56.4. The van der Waals surface area contributed by atoms with E-state index in [4.69, 9.17) is 4.55 Å². The average Bonchev–Trinajstić information content (AvgIpc) is 2.55. The van der Waals surface area contributed by atoms with E-state index in [9.17, 15) is 16.8 Å². The van der Waals surface area contributed by atoms with Crippen molar-refractivity contribution >= 4 is 26.3 Å². The summed E-state index contributed by atoms with van der Waals surface area (Å²) in [6.07, 6.45) is 1.38. The van der Waals surface area contributed by atoms with Gasteiger partial charge in [-0.3, -0.25) is 4.55 Å². The van der Waals surface area contributed by atoms with Crippen LogP contribution in [0.25, 0.3) is 6.08 Å². The molecular formula is C16H16O6S2. The molecule has 0 radical (unpaired) electrons. The third kappa shape index (κ3) is 6.37. The van der Waals surface area contributed by atoms with Crippen LogP contribution in [0.5, 0.6) is 5.75 Å². The van der Waals surface area contributed by atoms with Crippen molar-refractivity contribution in [1.29, 1.82) is 0 Å². The van der Waals surface area contributed by atoms with Gasteiger partial charge in [-0.1, -0.05) is 55.6 Å². The van der Waals surface area contributed by atoms with Crippen molar-refractivity contribution in [3.8, 4) is 5.75 Å². The lowest BCUT2D eigenvalue weighted by Gasteiger charge is -2.00. The van der Waals surface area contributed by atoms with E-state index in [0.717, 1.165) is 5.41 Å². The second-order valence-electron chi connectivity index (χ2n) is 4.27. The van der Waals surface area contributed by atoms with Crippen LogP contribution < -0.4 is 4.18 Å². The number of benzene rings is 2. The van der Waals surface area contributed by atoms with Crippen molar-refractivity contribution in [2.24, 2.45) is 0 Å². The van der Waals surface area contributed by atoms with Crippen LogP contribution in [0.4, 0.5) is 0 Å². The van der Waals surface area contributed by atoms with Crippen LogP contribution >= 0.6 is 0 Å². The molecule has 2 rings (SSSR count). The standard InChI is InChI=1S/2C8H8O3S/c1-2-12(9,10)11-8-6-4-3-5-7-8;1-2-7-5-3-4-6-8(7)12(9,10)11/h2-7H,1H2;2-6H,1H2,(H,9,10,11). The van der Waals surface area contributed by atoms with Crippen molar-refractivity contribution in [1.82, 2.24) is 0 Å². The second kappa shape index (κ2) is 8.44. The molecule has 0 fully saturated rings. The van der Waals surface area contributed by atoms with Gasteiger partial charge < -0.3 is 4.18 Å². The van der Waals surface area contributed by atoms with Gasteiger partial charge in [0.1, 0.15) is 10.6 Å². The van der Waals surface area contributed by atoms with E-state index in [2.05, 4.69) is 17.3 Å². The fourth-order valence-corrected chi connectivity index (χ4v) is 2.68. The highest BCUT2D eigenvalue weighted by Crippen LogP contribution is 2.15. The fraction of sp³-hybridized carbons (Fsp3) is 0. The molecule has 0 atom stereocenters. The first-order chi connectivity index (χ1) is 11.2. The molecule has 2 aromatic rings. The molecule has 0 heterocycles. The first-order valence-corrected chi connectivity index (χ1v) is 9.41. The summed E-state index contributed by atoms with van der Waals surface area (Å²) in [6, 6.07) is 14.4. The van der Waals surface area contributed by atoms with Gasteiger partial charge in [-0.05, 0) is 23.8 Å². The summed E-state index contributed by atoms with van der Waals surface area (Å²) in [7, 11) is -7.73. The Labute approximate surface area is 141 Å². The molecule has 0 aliphatic rings. The van der Waals surface area contributed by atoms with E-state index in [0.29, 0.717) is 5.56 Å². The molecular weight excluding hydrogens is 352 g/mol. The molecule has 0 spiro atoms. The van der Waals surface area contributed by atoms with E-state index in [1.165, 1.54) is 18.2 Å². The highest BCUT2D eigenvalue weighted by Gasteiger charge is 2.11. The summed E-state index contributed by atoms with van der Waals surface area (Å²) >= 11 is 0. The van der Waals surface area contributed by atoms with Crippen molar-refractivity contribution < 1.29 is 25.6 Å². The van der Waals surface area contributed by atoms with Gasteiger partial charge in [-0.15, -0.1) is 0 Å². The van der Waals surface area contributed by atoms with Crippen LogP contribution in [-0.2, 0) is 20.2 Å². The van der Waals surface area contributed by atoms with Gasteiger partial charge in [0.15, 0.2) is 0 Å². The monoisotopic (exact) mass is 368 g/mol. The van der Waals surface area contributed by atoms with E-state index in [1.807, 2.05) is 0 Å². The second-order valence-corrected chi connectivity index (χ2v) is 7.15. The highest BCUT2D eigenvalue weighted by atomic mass is 32.2. The largest absolute Gasteiger partial charge is 0.379 e. The lowest BCUT2D eigenvalue weighted by molar-refractivity contribution is 0.482. The minimum Gasteiger partial charge on any atom is -0.379 e. The van der Waals surface area contributed by atoms with Crippen molar-refractivity contribution in [2.45, 2.75) is 4.90 Å². The zero-order chi connectivity index (χ0) is 18.2. The summed E-state index contributed by atoms with van der Waals surface area (Å²) in [4.78, 5) is -0.111. The third-order valence-corrected chi connectivity index (χ3v) is 4.34. The average molecular weight is 368 g/mol. The number of hydrogen-bond acceptors (Lipinski definition) is 5. The molecule has 2 aromatic carbocycles. The minimum absolute atomic E-state index is 0.111. The molecule has 0 amide bonds. The van der Waals surface area contributed by atoms with Crippen molar-refractivity contribution in [2.75, 3.05) is 0 Å². The minimum atomic E-state index is -4.12. The number of rotatable bonds is 5. The fourth-order valence-electron chi connectivity index (χ4n) is 1.53. The Bertz CT molecular complexity index is 901. The zero-order valence-electron chi connectivity index (χ0n) is 12.6. The Morgan fingerprint density at radius 3 is 1.88 bits per heavy atom. The lowest BCUT2D eigenvalue weighted by Crippen LogP contribution is -2.03. The Balaban J connectivity index is 0.000000240. The van der Waals surface area contributed by atoms with Crippen molar-refractivity contribution in [3.63, 3.8) is 0 Å². The first kappa shape index (κ1) is 19.6. The SMILES string of the molecule is C=CS(=O)(=O)Oc1ccccc1.C=Cc1ccccc1S(=O)(=O)O. The van der Waals surface area contributed by atoms with Gasteiger partial charge in [0.2, 0.25) is 0 Å². The van der Waals surface area contributed by atoms with Crippen LogP contribution in [0, 0.1) is 0 Å². The molecule has 0 saturated heterocycles. The number of hydrogen-bond donors (Lipinski definition) is 1. The molecule has 8 heteroatoms. The quantitative estimate of drug-likeness (QED) is 0.643. The molecule has 1 N–H and O–H groups in total. The van der Waals surface area contributed by atoms with Crippen LogP contribution in [0.15, 0.2) is 78.1 Å². The van der Waals surface area contributed by atoms with E-state index in [-0.39, 0.29) is 10.6 Å². The van der Waals surface area contributed by atoms with Gasteiger partial charge >= 0.3 is 10.1 Å². The van der Waals surface area contributed by atoms with Gasteiger partial charge in [-0.25, -0.2) is 0 Å². The van der Waals surface area contributed by atoms with E-state index < -0.39 is 20.2 Å². The summed E-state index contributed by atoms with van der Waals surface area (Å²) in [5.41, 5.74) is 0.403. The maximum atomic E-state index is 10.8. The molecule has 128 valence electrons. The maximum absolute atomic E-state index is 10.8. The van der Waals surface area contributed by atoms with Crippen LogP contribution in [-0.4, -0.2) is 21.4 Å². The Kier molecular flexibility index (Phi) is 6.90. The van der Waals surface area contributed by atoms with Crippen molar-refractivity contribution in [3.05, 3.63) is 78.7 Å². The Hall–Kier alpha value is -2.42. The van der Waals surface area contributed by atoms with Gasteiger partial charge in [0, 0.05) is 0 Å². The number of para-hydroxylation sites is 1. The van der Waals surface area contributed by atoms with Crippen LogP contribution in [0.1, 0.15) is 5.56 Å². The predicted octanol–water partition coefficient (Wildman–Crippen LogP) is 3.12. The first-order valence-electron chi connectivity index (χ1n) is 6.50. The van der Waals surface area contributed by atoms with Crippen LogP contribution in [0.2, 0.25) is 0 Å². The lowest BCUT2D eigenvalue weighted by atomic mass is 10.2. The third-order valence-electron chi connectivity index (χ3n) is 2.58. The predicted molar refractivity (Wildman–Crippen MR) is 92.5 cm³/mol. The summed E-state index contributed by atoms with van der Waals surface area (Å²) in [5, 5.41) is 0.764. The van der Waals surface area contributed by atoms with E-state index >= 15 is 0 Å². The highest BCUT2D eigenvalue weighted by molar-refractivity contribution is 7.90. The molecule has 0 saturated carbocycles. The molecule has 0 aromatic heterocycles. The van der Waals surface area contributed by atoms with Crippen LogP contribution in [0.3, 0.4) is 0 Å². The molecule has 0 aliphatic heterocycles. The van der Waals surface area contributed by atoms with Gasteiger partial charge in [-0.2, -0.15) is 16.8 Å². The molecule has 0 unspecified atom stereocenters. The van der Waals surface area contributed by atoms with Gasteiger partial charge in [0.25, 0.3) is 10.1 Å². The molecule has 0 bridgehead atoms. The topological polar surface area (TPSA) is 97.7 Å². The molecule has 0 aliphatic carbocycles. The normalized spacial score (nSPS) is 10.9. The maximum Gasteiger partial charge on any atom is 0.331 e. The molecule has 6 nitrogen and oxygen atoms in total. The summed E-state index contributed by atoms with van der Waals surface area (Å²) in [5.74, 6) is 0.289. The Morgan fingerprint density at radius 2 is 1.42 bits per heavy atom. The smallest absolute Gasteiger partial charge is 0.331 e. The molecule has 24 heavy (non-hydrogen) atoms.